The van der Waals surface area contributed by atoms with E-state index in [1.54, 1.807) is 18.2 Å². The van der Waals surface area contributed by atoms with E-state index in [1.807, 2.05) is 35.7 Å². The van der Waals surface area contributed by atoms with Crippen LogP contribution >= 0.6 is 35.3 Å². The number of anilines is 1. The molecule has 2 nitrogen and oxygen atoms in total. The van der Waals surface area contributed by atoms with Crippen molar-refractivity contribution in [2.45, 2.75) is 22.3 Å². The molecule has 0 radical (unpaired) electrons. The van der Waals surface area contributed by atoms with Gasteiger partial charge in [0.05, 0.1) is 4.58 Å². The first-order valence-electron chi connectivity index (χ1n) is 8.23. The third-order valence-electron chi connectivity index (χ3n) is 3.69. The normalized spacial score (nSPS) is 15.1. The molecule has 1 aliphatic heterocycles. The molecule has 0 bridgehead atoms. The monoisotopic (exact) mass is 393 g/mol. The highest BCUT2D eigenvalue weighted by atomic mass is 32.2. The summed E-state index contributed by atoms with van der Waals surface area (Å²) in [6.45, 7) is 0. The molecule has 0 aromatic heterocycles. The fourth-order valence-corrected chi connectivity index (χ4v) is 6.24. The van der Waals surface area contributed by atoms with E-state index in [1.165, 1.54) is 41.3 Å². The lowest BCUT2D eigenvalue weighted by Crippen LogP contribution is -2.12. The average Bonchev–Trinajstić information content (AvgIpc) is 2.64. The molecule has 1 heterocycles. The van der Waals surface area contributed by atoms with Crippen molar-refractivity contribution in [3.8, 4) is 0 Å². The summed E-state index contributed by atoms with van der Waals surface area (Å²) in [5, 5.41) is 2.96. The molecular formula is C19H20FNOS3. The van der Waals surface area contributed by atoms with E-state index in [4.69, 9.17) is 0 Å². The molecule has 6 heteroatoms. The standard InChI is InChI=1S/C19H20FNOS3/c20-16-7-1-2-8-17(16)23-12-9-18(22)21-15-6-3-5-14(13-15)19-24-10-4-11-25-19/h1-3,5-8,13,19H,4,9-12H2,(H,21,22). The SMILES string of the molecule is O=C(CCSc1ccccc1F)Nc1cccc(C2SCCCS2)c1. The first kappa shape index (κ1) is 18.7. The topological polar surface area (TPSA) is 29.1 Å². The number of hydrogen-bond acceptors (Lipinski definition) is 4. The molecule has 3 rings (SSSR count). The molecule has 1 fully saturated rings. The number of carbonyl (C=O) groups is 1. The lowest BCUT2D eigenvalue weighted by Gasteiger charge is -2.21. The molecule has 0 saturated carbocycles. The lowest BCUT2D eigenvalue weighted by molar-refractivity contribution is -0.115. The number of benzene rings is 2. The molecular weight excluding hydrogens is 373 g/mol. The van der Waals surface area contributed by atoms with Gasteiger partial charge in [-0.15, -0.1) is 35.3 Å². The second-order valence-corrected chi connectivity index (χ2v) is 9.49. The summed E-state index contributed by atoms with van der Waals surface area (Å²) in [5.74, 6) is 2.68. The Balaban J connectivity index is 1.50. The number of halogens is 1. The quantitative estimate of drug-likeness (QED) is 0.627. The minimum Gasteiger partial charge on any atom is -0.326 e. The lowest BCUT2D eigenvalue weighted by atomic mass is 10.2. The summed E-state index contributed by atoms with van der Waals surface area (Å²) < 4.78 is 14.0. The summed E-state index contributed by atoms with van der Waals surface area (Å²) in [7, 11) is 0. The Bertz CT molecular complexity index is 719. The Morgan fingerprint density at radius 2 is 1.96 bits per heavy atom. The number of carbonyl (C=O) groups excluding carboxylic acids is 1. The van der Waals surface area contributed by atoms with Crippen molar-refractivity contribution >= 4 is 46.9 Å². The molecule has 1 N–H and O–H groups in total. The molecule has 1 aliphatic rings. The van der Waals surface area contributed by atoms with E-state index in [9.17, 15) is 9.18 Å². The molecule has 2 aromatic carbocycles. The molecule has 25 heavy (non-hydrogen) atoms. The Morgan fingerprint density at radius 3 is 2.76 bits per heavy atom. The fraction of sp³-hybridized carbons (Fsp3) is 0.316. The van der Waals surface area contributed by atoms with Gasteiger partial charge in [0, 0.05) is 22.8 Å². The van der Waals surface area contributed by atoms with E-state index in [2.05, 4.69) is 17.4 Å². The molecule has 132 valence electrons. The van der Waals surface area contributed by atoms with E-state index in [-0.39, 0.29) is 11.7 Å². The summed E-state index contributed by atoms with van der Waals surface area (Å²) in [5.41, 5.74) is 2.10. The van der Waals surface area contributed by atoms with Gasteiger partial charge in [-0.2, -0.15) is 0 Å². The maximum Gasteiger partial charge on any atom is 0.225 e. The van der Waals surface area contributed by atoms with Crippen molar-refractivity contribution in [3.63, 3.8) is 0 Å². The zero-order valence-corrected chi connectivity index (χ0v) is 16.2. The van der Waals surface area contributed by atoms with Crippen molar-refractivity contribution in [3.05, 3.63) is 59.9 Å². The Morgan fingerprint density at radius 1 is 1.16 bits per heavy atom. The highest BCUT2D eigenvalue weighted by Gasteiger charge is 2.17. The molecule has 1 saturated heterocycles. The number of rotatable bonds is 6. The van der Waals surface area contributed by atoms with Crippen LogP contribution in [0, 0.1) is 5.82 Å². The van der Waals surface area contributed by atoms with Crippen LogP contribution in [0.15, 0.2) is 53.4 Å². The summed E-state index contributed by atoms with van der Waals surface area (Å²) in [6, 6.07) is 14.8. The molecule has 0 aliphatic carbocycles. The highest BCUT2D eigenvalue weighted by Crippen LogP contribution is 2.44. The van der Waals surface area contributed by atoms with Crippen LogP contribution in [0.5, 0.6) is 0 Å². The van der Waals surface area contributed by atoms with Crippen molar-refractivity contribution < 1.29 is 9.18 Å². The molecule has 0 spiro atoms. The van der Waals surface area contributed by atoms with Gasteiger partial charge in [0.15, 0.2) is 0 Å². The van der Waals surface area contributed by atoms with E-state index in [0.717, 1.165) is 5.69 Å². The van der Waals surface area contributed by atoms with Gasteiger partial charge in [-0.05, 0) is 47.8 Å². The predicted octanol–water partition coefficient (Wildman–Crippen LogP) is 5.82. The zero-order chi connectivity index (χ0) is 17.5. The summed E-state index contributed by atoms with van der Waals surface area (Å²) in [6.07, 6.45) is 1.62. The van der Waals surface area contributed by atoms with Crippen LogP contribution in [0.2, 0.25) is 0 Å². The Labute approximate surface area is 160 Å². The first-order chi connectivity index (χ1) is 12.2. The highest BCUT2D eigenvalue weighted by molar-refractivity contribution is 8.16. The van der Waals surface area contributed by atoms with Crippen LogP contribution in [-0.4, -0.2) is 23.2 Å². The maximum absolute atomic E-state index is 13.6. The van der Waals surface area contributed by atoms with Crippen LogP contribution < -0.4 is 5.32 Å². The third-order valence-corrected chi connectivity index (χ3v) is 7.76. The second-order valence-electron chi connectivity index (χ2n) is 5.63. The number of thioether (sulfide) groups is 3. The van der Waals surface area contributed by atoms with Gasteiger partial charge >= 0.3 is 0 Å². The third kappa shape index (κ3) is 5.69. The Kier molecular flexibility index (Phi) is 7.13. The van der Waals surface area contributed by atoms with Gasteiger partial charge in [0.1, 0.15) is 5.82 Å². The van der Waals surface area contributed by atoms with E-state index >= 15 is 0 Å². The molecule has 0 unspecified atom stereocenters. The van der Waals surface area contributed by atoms with Crippen LogP contribution in [0.4, 0.5) is 10.1 Å². The van der Waals surface area contributed by atoms with Crippen molar-refractivity contribution in [2.75, 3.05) is 22.6 Å². The summed E-state index contributed by atoms with van der Waals surface area (Å²) in [4.78, 5) is 12.7. The molecule has 1 amide bonds. The first-order valence-corrected chi connectivity index (χ1v) is 11.3. The van der Waals surface area contributed by atoms with Gasteiger partial charge in [0.2, 0.25) is 5.91 Å². The van der Waals surface area contributed by atoms with Gasteiger partial charge in [-0.3, -0.25) is 4.79 Å². The number of amides is 1. The van der Waals surface area contributed by atoms with Gasteiger partial charge in [-0.1, -0.05) is 24.3 Å². The van der Waals surface area contributed by atoms with Gasteiger partial charge in [-0.25, -0.2) is 4.39 Å². The second kappa shape index (κ2) is 9.55. The average molecular weight is 394 g/mol. The van der Waals surface area contributed by atoms with Crippen molar-refractivity contribution in [2.24, 2.45) is 0 Å². The Hall–Kier alpha value is -1.11. The van der Waals surface area contributed by atoms with Crippen LogP contribution in [0.3, 0.4) is 0 Å². The van der Waals surface area contributed by atoms with E-state index < -0.39 is 0 Å². The number of nitrogens with one attached hydrogen (secondary N) is 1. The van der Waals surface area contributed by atoms with E-state index in [0.29, 0.717) is 21.7 Å². The smallest absolute Gasteiger partial charge is 0.225 e. The van der Waals surface area contributed by atoms with Crippen molar-refractivity contribution in [1.82, 2.24) is 0 Å². The van der Waals surface area contributed by atoms with Crippen molar-refractivity contribution in [1.29, 1.82) is 0 Å². The van der Waals surface area contributed by atoms with Crippen LogP contribution in [0.25, 0.3) is 0 Å². The maximum atomic E-state index is 13.6. The molecule has 0 atom stereocenters. The summed E-state index contributed by atoms with van der Waals surface area (Å²) >= 11 is 5.31. The van der Waals surface area contributed by atoms with Crippen LogP contribution in [-0.2, 0) is 4.79 Å². The number of hydrogen-bond donors (Lipinski definition) is 1. The minimum atomic E-state index is -0.233. The minimum absolute atomic E-state index is 0.0371. The van der Waals surface area contributed by atoms with Gasteiger partial charge in [0.25, 0.3) is 0 Å². The largest absolute Gasteiger partial charge is 0.326 e. The zero-order valence-electron chi connectivity index (χ0n) is 13.7. The predicted molar refractivity (Wildman–Crippen MR) is 109 cm³/mol. The van der Waals surface area contributed by atoms with Gasteiger partial charge < -0.3 is 5.32 Å². The fourth-order valence-electron chi connectivity index (χ4n) is 2.48. The van der Waals surface area contributed by atoms with Crippen LogP contribution in [0.1, 0.15) is 23.0 Å². The molecule has 2 aromatic rings.